The Kier molecular flexibility index (Phi) is 5.36. The van der Waals surface area contributed by atoms with Gasteiger partial charge in [-0.3, -0.25) is 9.36 Å². The van der Waals surface area contributed by atoms with Gasteiger partial charge >= 0.3 is 6.03 Å². The molecule has 0 saturated carbocycles. The number of nitriles is 1. The van der Waals surface area contributed by atoms with Crippen LogP contribution in [0.2, 0.25) is 0 Å². The smallest absolute Gasteiger partial charge is 0.320 e. The van der Waals surface area contributed by atoms with Crippen molar-refractivity contribution in [2.24, 2.45) is 7.05 Å². The molecule has 8 heteroatoms. The van der Waals surface area contributed by atoms with E-state index >= 15 is 0 Å². The van der Waals surface area contributed by atoms with Crippen LogP contribution in [0, 0.1) is 16.7 Å². The molecule has 1 aromatic carbocycles. The van der Waals surface area contributed by atoms with Crippen LogP contribution in [-0.4, -0.2) is 58.1 Å². The van der Waals surface area contributed by atoms with Crippen molar-refractivity contribution in [3.63, 3.8) is 0 Å². The number of amides is 2. The van der Waals surface area contributed by atoms with Gasteiger partial charge in [-0.05, 0) is 18.4 Å². The molecule has 2 aliphatic heterocycles. The number of carbonyl (C=O) groups is 1. The number of nitrogens with one attached hydrogen (secondary N) is 2. The summed E-state index contributed by atoms with van der Waals surface area (Å²) in [4.78, 5) is 16.8. The highest BCUT2D eigenvalue weighted by molar-refractivity contribution is 5.95. The lowest BCUT2D eigenvalue weighted by Crippen LogP contribution is -2.50. The van der Waals surface area contributed by atoms with E-state index in [2.05, 4.69) is 26.9 Å². The number of aryl methyl sites for hydroxylation is 1. The van der Waals surface area contributed by atoms with Crippen molar-refractivity contribution in [3.8, 4) is 6.07 Å². The number of benzene rings is 1. The highest BCUT2D eigenvalue weighted by Crippen LogP contribution is 2.32. The molecule has 0 radical (unpaired) electrons. The molecule has 3 heterocycles. The van der Waals surface area contributed by atoms with Crippen molar-refractivity contribution >= 4 is 23.5 Å². The molecule has 1 fully saturated rings. The first-order valence-electron chi connectivity index (χ1n) is 10.3. The predicted octanol–water partition coefficient (Wildman–Crippen LogP) is 2.87. The zero-order valence-corrected chi connectivity index (χ0v) is 17.5. The summed E-state index contributed by atoms with van der Waals surface area (Å²) < 4.78 is 4.26. The monoisotopic (exact) mass is 405 g/mol. The van der Waals surface area contributed by atoms with E-state index in [1.165, 1.54) is 11.9 Å². The zero-order valence-electron chi connectivity index (χ0n) is 17.5. The fourth-order valence-corrected chi connectivity index (χ4v) is 4.50. The number of carbonyl (C=O) groups excluding carboxylic acids is 1. The third kappa shape index (κ3) is 3.36. The van der Waals surface area contributed by atoms with Crippen LogP contribution in [0.3, 0.4) is 0 Å². The Balaban J connectivity index is 1.48. The van der Waals surface area contributed by atoms with E-state index in [-0.39, 0.29) is 6.03 Å². The van der Waals surface area contributed by atoms with Gasteiger partial charge in [0.1, 0.15) is 0 Å². The average molecular weight is 406 g/mol. The Morgan fingerprint density at radius 1 is 1.20 bits per heavy atom. The molecule has 0 spiro atoms. The van der Waals surface area contributed by atoms with Gasteiger partial charge in [0.2, 0.25) is 0 Å². The summed E-state index contributed by atoms with van der Waals surface area (Å²) in [5.74, 6) is 0. The Morgan fingerprint density at radius 3 is 2.57 bits per heavy atom. The SMILES string of the molecule is CNc1c(C=N)cccc1C(C#N)=C1CCN(C(=O)N2CCn3c(cn3C)C2)CC1. The maximum Gasteiger partial charge on any atom is 0.320 e. The lowest BCUT2D eigenvalue weighted by molar-refractivity contribution is 0.129. The summed E-state index contributed by atoms with van der Waals surface area (Å²) in [6, 6.07) is 8.12. The number of fused-ring (bicyclic) bond motifs is 1. The van der Waals surface area contributed by atoms with Gasteiger partial charge in [-0.15, -0.1) is 0 Å². The lowest BCUT2D eigenvalue weighted by atomic mass is 9.92. The third-order valence-corrected chi connectivity index (χ3v) is 6.13. The fraction of sp³-hybridized carbons (Fsp3) is 0.409. The Labute approximate surface area is 176 Å². The minimum atomic E-state index is 0.0874. The Bertz CT molecular complexity index is 1040. The highest BCUT2D eigenvalue weighted by Gasteiger charge is 2.29. The minimum Gasteiger partial charge on any atom is -0.387 e. The molecule has 1 aromatic heterocycles. The first-order chi connectivity index (χ1) is 14.6. The van der Waals surface area contributed by atoms with Gasteiger partial charge in [-0.2, -0.15) is 5.26 Å². The number of allylic oxidation sites excluding steroid dienone is 1. The second kappa shape index (κ2) is 8.11. The molecule has 2 aliphatic rings. The van der Waals surface area contributed by atoms with Gasteiger partial charge in [0.25, 0.3) is 0 Å². The summed E-state index contributed by atoms with van der Waals surface area (Å²) in [6.07, 6.45) is 4.75. The minimum absolute atomic E-state index is 0.0874. The number of urea groups is 1. The van der Waals surface area contributed by atoms with Crippen molar-refractivity contribution in [2.45, 2.75) is 25.9 Å². The van der Waals surface area contributed by atoms with Gasteiger partial charge in [-0.25, -0.2) is 4.79 Å². The quantitative estimate of drug-likeness (QED) is 0.607. The van der Waals surface area contributed by atoms with E-state index in [1.807, 2.05) is 42.1 Å². The Hall–Kier alpha value is -3.47. The first kappa shape index (κ1) is 19.8. The van der Waals surface area contributed by atoms with Crippen molar-refractivity contribution in [1.29, 1.82) is 10.7 Å². The number of hydrogen-bond donors (Lipinski definition) is 2. The number of para-hydroxylation sites is 1. The van der Waals surface area contributed by atoms with E-state index in [9.17, 15) is 10.1 Å². The second-order valence-electron chi connectivity index (χ2n) is 7.76. The van der Waals surface area contributed by atoms with Crippen LogP contribution in [0.5, 0.6) is 0 Å². The highest BCUT2D eigenvalue weighted by atomic mass is 16.2. The summed E-state index contributed by atoms with van der Waals surface area (Å²) >= 11 is 0. The van der Waals surface area contributed by atoms with Crippen molar-refractivity contribution in [3.05, 3.63) is 46.8 Å². The van der Waals surface area contributed by atoms with Crippen LogP contribution in [0.4, 0.5) is 10.5 Å². The standard InChI is InChI=1S/C22H27N7O/c1-25-21-17(12-23)4-3-5-19(21)20(13-24)16-6-8-27(9-7-16)22(30)28-10-11-29-18(15-28)14-26(29)2/h3-5,12,14,23,25H,6-11,15H2,1-2H3. The second-order valence-corrected chi connectivity index (χ2v) is 7.76. The zero-order chi connectivity index (χ0) is 21.3. The van der Waals surface area contributed by atoms with Crippen LogP contribution < -0.4 is 5.32 Å². The van der Waals surface area contributed by atoms with Crippen molar-refractivity contribution < 1.29 is 4.79 Å². The van der Waals surface area contributed by atoms with Gasteiger partial charge in [-0.1, -0.05) is 18.2 Å². The summed E-state index contributed by atoms with van der Waals surface area (Å²) in [7, 11) is 3.82. The van der Waals surface area contributed by atoms with Gasteiger partial charge in [0.15, 0.2) is 0 Å². The molecule has 0 bridgehead atoms. The van der Waals surface area contributed by atoms with E-state index in [1.54, 1.807) is 0 Å². The maximum absolute atomic E-state index is 13.0. The molecule has 1 saturated heterocycles. The molecule has 0 atom stereocenters. The van der Waals surface area contributed by atoms with Gasteiger partial charge in [0, 0.05) is 57.3 Å². The van der Waals surface area contributed by atoms with Gasteiger partial charge < -0.3 is 20.5 Å². The molecule has 0 unspecified atom stereocenters. The summed E-state index contributed by atoms with van der Waals surface area (Å²) in [5, 5.41) is 20.6. The summed E-state index contributed by atoms with van der Waals surface area (Å²) in [5.41, 5.74) is 5.30. The Morgan fingerprint density at radius 2 is 1.97 bits per heavy atom. The molecular formula is C22H27N7O. The van der Waals surface area contributed by atoms with Gasteiger partial charge in [0.05, 0.1) is 36.1 Å². The lowest BCUT2D eigenvalue weighted by Gasteiger charge is -2.39. The number of nitrogens with zero attached hydrogens (tertiary/aromatic N) is 5. The largest absolute Gasteiger partial charge is 0.387 e. The molecule has 2 N–H and O–H groups in total. The topological polar surface area (TPSA) is 93.1 Å². The predicted molar refractivity (Wildman–Crippen MR) is 116 cm³/mol. The molecular weight excluding hydrogens is 378 g/mol. The fourth-order valence-electron chi connectivity index (χ4n) is 4.50. The van der Waals surface area contributed by atoms with E-state index in [0.29, 0.717) is 38.0 Å². The average Bonchev–Trinajstić information content (AvgIpc) is 2.78. The van der Waals surface area contributed by atoms with Crippen LogP contribution in [0.15, 0.2) is 30.0 Å². The summed E-state index contributed by atoms with van der Waals surface area (Å²) in [6.45, 7) is 3.47. The molecule has 8 nitrogen and oxygen atoms in total. The van der Waals surface area contributed by atoms with Crippen LogP contribution in [-0.2, 0) is 20.1 Å². The first-order valence-corrected chi connectivity index (χ1v) is 10.3. The number of rotatable bonds is 3. The number of piperidine rings is 1. The van der Waals surface area contributed by atoms with E-state index < -0.39 is 0 Å². The van der Waals surface area contributed by atoms with Crippen LogP contribution in [0.25, 0.3) is 5.57 Å². The molecule has 2 aromatic rings. The van der Waals surface area contributed by atoms with Crippen LogP contribution >= 0.6 is 0 Å². The van der Waals surface area contributed by atoms with Crippen LogP contribution in [0.1, 0.15) is 29.7 Å². The van der Waals surface area contributed by atoms with Crippen molar-refractivity contribution in [2.75, 3.05) is 32.0 Å². The normalized spacial score (nSPS) is 16.1. The third-order valence-electron chi connectivity index (χ3n) is 6.13. The number of aromatic nitrogens is 2. The molecule has 2 amide bonds. The molecule has 0 aliphatic carbocycles. The molecule has 156 valence electrons. The molecule has 4 rings (SSSR count). The number of likely N-dealkylation sites (tertiary alicyclic amines) is 1. The number of anilines is 1. The maximum atomic E-state index is 13.0. The van der Waals surface area contributed by atoms with E-state index in [4.69, 9.17) is 5.41 Å². The van der Waals surface area contributed by atoms with E-state index in [0.717, 1.165) is 35.5 Å². The molecule has 30 heavy (non-hydrogen) atoms. The van der Waals surface area contributed by atoms with Crippen molar-refractivity contribution in [1.82, 2.24) is 19.2 Å². The number of hydrogen-bond acceptors (Lipinski definition) is 4.